The molecule has 3 rings (SSSR count). The van der Waals surface area contributed by atoms with Crippen molar-refractivity contribution in [1.82, 2.24) is 0 Å². The molecule has 1 aromatic carbocycles. The minimum Gasteiger partial charge on any atom is -0.389 e. The van der Waals surface area contributed by atoms with Crippen LogP contribution < -0.4 is 0 Å². The number of hydrogen-bond donors (Lipinski definition) is 1. The molecule has 1 heterocycles. The second-order valence-electron chi connectivity index (χ2n) is 5.87. The fourth-order valence-corrected chi connectivity index (χ4v) is 3.38. The lowest BCUT2D eigenvalue weighted by molar-refractivity contribution is 0.0329. The van der Waals surface area contributed by atoms with Crippen molar-refractivity contribution in [3.8, 4) is 0 Å². The number of fused-ring (bicyclic) bond motifs is 1. The van der Waals surface area contributed by atoms with Crippen molar-refractivity contribution in [2.75, 3.05) is 6.61 Å². The van der Waals surface area contributed by atoms with Crippen LogP contribution in [0.4, 0.5) is 0 Å². The smallest absolute Gasteiger partial charge is 0.0728 e. The molecule has 2 nitrogen and oxygen atoms in total. The second kappa shape index (κ2) is 5.02. The predicted molar refractivity (Wildman–Crippen MR) is 71.6 cm³/mol. The van der Waals surface area contributed by atoms with Crippen LogP contribution in [0.3, 0.4) is 0 Å². The van der Waals surface area contributed by atoms with Crippen molar-refractivity contribution < 1.29 is 9.84 Å². The van der Waals surface area contributed by atoms with E-state index in [0.717, 1.165) is 38.7 Å². The van der Waals surface area contributed by atoms with Gasteiger partial charge < -0.3 is 9.84 Å². The number of hydrogen-bond acceptors (Lipinski definition) is 2. The van der Waals surface area contributed by atoms with Crippen LogP contribution in [0.15, 0.2) is 24.3 Å². The molecule has 98 valence electrons. The molecule has 0 amide bonds. The van der Waals surface area contributed by atoms with Gasteiger partial charge in [0.1, 0.15) is 0 Å². The number of rotatable bonds is 4. The third kappa shape index (κ3) is 2.60. The fourth-order valence-electron chi connectivity index (χ4n) is 3.38. The minimum absolute atomic E-state index is 0.456. The van der Waals surface area contributed by atoms with Crippen LogP contribution in [0.2, 0.25) is 0 Å². The molecule has 1 unspecified atom stereocenters. The molecule has 1 aliphatic carbocycles. The van der Waals surface area contributed by atoms with Crippen molar-refractivity contribution in [3.05, 3.63) is 35.4 Å². The molecule has 1 saturated heterocycles. The molecular formula is C16H22O2. The van der Waals surface area contributed by atoms with E-state index >= 15 is 0 Å². The van der Waals surface area contributed by atoms with Crippen LogP contribution in [-0.4, -0.2) is 23.4 Å². The van der Waals surface area contributed by atoms with E-state index in [9.17, 15) is 5.11 Å². The summed E-state index contributed by atoms with van der Waals surface area (Å²) in [7, 11) is 0. The van der Waals surface area contributed by atoms with Gasteiger partial charge in [-0.1, -0.05) is 24.3 Å². The molecule has 0 radical (unpaired) electrons. The van der Waals surface area contributed by atoms with E-state index in [1.54, 1.807) is 0 Å². The summed E-state index contributed by atoms with van der Waals surface area (Å²) >= 11 is 0. The molecule has 0 bridgehead atoms. The van der Waals surface area contributed by atoms with Crippen LogP contribution in [0.1, 0.15) is 43.2 Å². The zero-order valence-corrected chi connectivity index (χ0v) is 10.9. The quantitative estimate of drug-likeness (QED) is 0.885. The summed E-state index contributed by atoms with van der Waals surface area (Å²) in [6.45, 7) is 0.931. The van der Waals surface area contributed by atoms with Gasteiger partial charge in [0.05, 0.1) is 11.7 Å². The van der Waals surface area contributed by atoms with E-state index in [1.165, 1.54) is 24.0 Å². The highest BCUT2D eigenvalue weighted by molar-refractivity contribution is 5.35. The zero-order chi connectivity index (χ0) is 12.4. The SMILES string of the molecule is OC1(CCCC2CCCO2)Cc2ccccc2C1. The normalized spacial score (nSPS) is 25.3. The summed E-state index contributed by atoms with van der Waals surface area (Å²) in [4.78, 5) is 0. The molecular weight excluding hydrogens is 224 g/mol. The van der Waals surface area contributed by atoms with E-state index < -0.39 is 5.60 Å². The lowest BCUT2D eigenvalue weighted by atomic mass is 9.92. The van der Waals surface area contributed by atoms with Gasteiger partial charge in [-0.2, -0.15) is 0 Å². The first kappa shape index (κ1) is 12.2. The first-order chi connectivity index (χ1) is 8.75. The minimum atomic E-state index is -0.498. The van der Waals surface area contributed by atoms with Crippen molar-refractivity contribution >= 4 is 0 Å². The van der Waals surface area contributed by atoms with Gasteiger partial charge >= 0.3 is 0 Å². The summed E-state index contributed by atoms with van der Waals surface area (Å²) in [5.41, 5.74) is 2.16. The monoisotopic (exact) mass is 246 g/mol. The molecule has 0 aromatic heterocycles. The summed E-state index contributed by atoms with van der Waals surface area (Å²) in [6.07, 6.45) is 7.62. The van der Waals surface area contributed by atoms with Crippen molar-refractivity contribution in [2.45, 2.75) is 56.7 Å². The van der Waals surface area contributed by atoms with Gasteiger partial charge in [-0.05, 0) is 43.2 Å². The average Bonchev–Trinajstić information content (AvgIpc) is 2.95. The molecule has 0 spiro atoms. The van der Waals surface area contributed by atoms with Crippen LogP contribution in [0, 0.1) is 0 Å². The molecule has 2 heteroatoms. The Balaban J connectivity index is 1.51. The molecule has 1 N–H and O–H groups in total. The Bertz CT molecular complexity index is 382. The number of benzene rings is 1. The van der Waals surface area contributed by atoms with Crippen molar-refractivity contribution in [3.63, 3.8) is 0 Å². The third-order valence-corrected chi connectivity index (χ3v) is 4.35. The number of aliphatic hydroxyl groups is 1. The molecule has 0 saturated carbocycles. The Morgan fingerprint density at radius 3 is 2.56 bits per heavy atom. The molecule has 1 atom stereocenters. The van der Waals surface area contributed by atoms with Crippen LogP contribution >= 0.6 is 0 Å². The standard InChI is InChI=1S/C16H22O2/c17-16(9-3-7-15-8-4-10-18-15)11-13-5-1-2-6-14(13)12-16/h1-2,5-6,15,17H,3-4,7-12H2. The highest BCUT2D eigenvalue weighted by Crippen LogP contribution is 2.34. The summed E-state index contributed by atoms with van der Waals surface area (Å²) in [6, 6.07) is 8.43. The summed E-state index contributed by atoms with van der Waals surface area (Å²) in [5, 5.41) is 10.6. The van der Waals surface area contributed by atoms with Gasteiger partial charge in [-0.3, -0.25) is 0 Å². The van der Waals surface area contributed by atoms with E-state index in [0.29, 0.717) is 6.10 Å². The predicted octanol–water partition coefficient (Wildman–Crippen LogP) is 2.87. The largest absolute Gasteiger partial charge is 0.389 e. The van der Waals surface area contributed by atoms with Crippen molar-refractivity contribution in [2.24, 2.45) is 0 Å². The van der Waals surface area contributed by atoms with Gasteiger partial charge in [0.15, 0.2) is 0 Å². The summed E-state index contributed by atoms with van der Waals surface area (Å²) < 4.78 is 5.63. The zero-order valence-electron chi connectivity index (χ0n) is 10.9. The van der Waals surface area contributed by atoms with Crippen LogP contribution in [0.25, 0.3) is 0 Å². The lowest BCUT2D eigenvalue weighted by Gasteiger charge is -2.22. The Kier molecular flexibility index (Phi) is 3.40. The molecule has 1 aliphatic heterocycles. The van der Waals surface area contributed by atoms with Gasteiger partial charge in [-0.15, -0.1) is 0 Å². The highest BCUT2D eigenvalue weighted by atomic mass is 16.5. The summed E-state index contributed by atoms with van der Waals surface area (Å²) in [5.74, 6) is 0. The second-order valence-corrected chi connectivity index (χ2v) is 5.87. The average molecular weight is 246 g/mol. The van der Waals surface area contributed by atoms with Crippen molar-refractivity contribution in [1.29, 1.82) is 0 Å². The number of ether oxygens (including phenoxy) is 1. The highest BCUT2D eigenvalue weighted by Gasteiger charge is 2.34. The topological polar surface area (TPSA) is 29.5 Å². The first-order valence-corrected chi connectivity index (χ1v) is 7.16. The lowest BCUT2D eigenvalue weighted by Crippen LogP contribution is -2.29. The van der Waals surface area contributed by atoms with E-state index in [-0.39, 0.29) is 0 Å². The Hall–Kier alpha value is -0.860. The molecule has 1 fully saturated rings. The fraction of sp³-hybridized carbons (Fsp3) is 0.625. The van der Waals surface area contributed by atoms with Gasteiger partial charge in [0.2, 0.25) is 0 Å². The first-order valence-electron chi connectivity index (χ1n) is 7.16. The van der Waals surface area contributed by atoms with Gasteiger partial charge in [0, 0.05) is 19.4 Å². The van der Waals surface area contributed by atoms with Gasteiger partial charge in [0.25, 0.3) is 0 Å². The Morgan fingerprint density at radius 1 is 1.22 bits per heavy atom. The molecule has 2 aliphatic rings. The Labute approximate surface area is 109 Å². The van der Waals surface area contributed by atoms with E-state index in [2.05, 4.69) is 24.3 Å². The maximum absolute atomic E-state index is 10.6. The van der Waals surface area contributed by atoms with Crippen LogP contribution in [0.5, 0.6) is 0 Å². The maximum atomic E-state index is 10.6. The van der Waals surface area contributed by atoms with Gasteiger partial charge in [-0.25, -0.2) is 0 Å². The third-order valence-electron chi connectivity index (χ3n) is 4.35. The molecule has 18 heavy (non-hydrogen) atoms. The Morgan fingerprint density at radius 2 is 1.94 bits per heavy atom. The van der Waals surface area contributed by atoms with E-state index in [1.807, 2.05) is 0 Å². The maximum Gasteiger partial charge on any atom is 0.0728 e. The molecule has 1 aromatic rings. The van der Waals surface area contributed by atoms with Crippen LogP contribution in [-0.2, 0) is 17.6 Å². The van der Waals surface area contributed by atoms with E-state index in [4.69, 9.17) is 4.74 Å².